The number of amides is 1. The molecule has 0 spiro atoms. The van der Waals surface area contributed by atoms with Crippen molar-refractivity contribution in [3.8, 4) is 0 Å². The lowest BCUT2D eigenvalue weighted by Crippen LogP contribution is -2.36. The van der Waals surface area contributed by atoms with Crippen LogP contribution in [0.4, 0.5) is 0 Å². The first-order valence-electron chi connectivity index (χ1n) is 7.39. The fourth-order valence-electron chi connectivity index (χ4n) is 1.78. The largest absolute Gasteiger partial charge is 0.461 e. The quantitative estimate of drug-likeness (QED) is 0.535. The van der Waals surface area contributed by atoms with Crippen molar-refractivity contribution in [1.29, 1.82) is 0 Å². The predicted molar refractivity (Wildman–Crippen MR) is 88.3 cm³/mol. The molecule has 0 unspecified atom stereocenters. The molecule has 0 aromatic carbocycles. The normalized spacial score (nSPS) is 12.3. The minimum Gasteiger partial charge on any atom is -0.461 e. The van der Waals surface area contributed by atoms with E-state index in [0.29, 0.717) is 30.6 Å². The fraction of sp³-hybridized carbons (Fsp3) is 0.667. The van der Waals surface area contributed by atoms with E-state index in [0.717, 1.165) is 6.42 Å². The third-order valence-electron chi connectivity index (χ3n) is 2.99. The Morgan fingerprint density at radius 3 is 2.64 bits per heavy atom. The second-order valence-electron chi connectivity index (χ2n) is 5.41. The van der Waals surface area contributed by atoms with Crippen molar-refractivity contribution in [2.24, 2.45) is 5.92 Å². The molecule has 0 N–H and O–H groups in total. The van der Waals surface area contributed by atoms with Crippen LogP contribution in [0.1, 0.15) is 49.6 Å². The lowest BCUT2D eigenvalue weighted by molar-refractivity contribution is -0.131. The zero-order chi connectivity index (χ0) is 16.7. The Hall–Kier alpha value is -1.14. The molecule has 1 aromatic rings. The molecule has 124 valence electrons. The van der Waals surface area contributed by atoms with E-state index in [-0.39, 0.29) is 11.6 Å². The number of carbonyl (C=O) groups is 2. The van der Waals surface area contributed by atoms with Crippen molar-refractivity contribution in [2.45, 2.75) is 46.0 Å². The maximum absolute atomic E-state index is 12.2. The number of rotatable bonds is 8. The van der Waals surface area contributed by atoms with Gasteiger partial charge < -0.3 is 9.64 Å². The van der Waals surface area contributed by atoms with Crippen LogP contribution < -0.4 is 0 Å². The SMILES string of the molecule is CCOC(=O)c1csc(CN(CCC(C)C)C(=O)[C@@H](C)Cl)n1. The topological polar surface area (TPSA) is 59.5 Å². The molecule has 1 aromatic heterocycles. The maximum Gasteiger partial charge on any atom is 0.357 e. The minimum absolute atomic E-state index is 0.116. The van der Waals surface area contributed by atoms with Gasteiger partial charge in [0.05, 0.1) is 13.2 Å². The zero-order valence-corrected chi connectivity index (χ0v) is 15.0. The first-order valence-corrected chi connectivity index (χ1v) is 8.71. The molecule has 0 fully saturated rings. The molecule has 0 aliphatic rings. The number of ether oxygens (including phenoxy) is 1. The number of alkyl halides is 1. The van der Waals surface area contributed by atoms with Gasteiger partial charge in [-0.25, -0.2) is 9.78 Å². The molecule has 1 atom stereocenters. The summed E-state index contributed by atoms with van der Waals surface area (Å²) in [5, 5.41) is 1.79. The highest BCUT2D eigenvalue weighted by atomic mass is 35.5. The molecule has 5 nitrogen and oxygen atoms in total. The molecule has 7 heteroatoms. The third kappa shape index (κ3) is 5.93. The van der Waals surface area contributed by atoms with Gasteiger partial charge in [-0.15, -0.1) is 22.9 Å². The second kappa shape index (κ2) is 9.10. The smallest absolute Gasteiger partial charge is 0.357 e. The lowest BCUT2D eigenvalue weighted by atomic mass is 10.1. The van der Waals surface area contributed by atoms with Crippen LogP contribution in [0.25, 0.3) is 0 Å². The molecule has 0 aliphatic carbocycles. The zero-order valence-electron chi connectivity index (χ0n) is 13.5. The Kier molecular flexibility index (Phi) is 7.82. The molecule has 1 rings (SSSR count). The van der Waals surface area contributed by atoms with Gasteiger partial charge in [0, 0.05) is 11.9 Å². The highest BCUT2D eigenvalue weighted by Gasteiger charge is 2.21. The molecular formula is C15H23ClN2O3S. The van der Waals surface area contributed by atoms with E-state index >= 15 is 0 Å². The van der Waals surface area contributed by atoms with Crippen molar-refractivity contribution >= 4 is 34.8 Å². The van der Waals surface area contributed by atoms with Crippen LogP contribution in [0.5, 0.6) is 0 Å². The monoisotopic (exact) mass is 346 g/mol. The van der Waals surface area contributed by atoms with Gasteiger partial charge in [-0.3, -0.25) is 4.79 Å². The van der Waals surface area contributed by atoms with Crippen molar-refractivity contribution in [3.63, 3.8) is 0 Å². The molecule has 0 saturated heterocycles. The maximum atomic E-state index is 12.2. The number of esters is 1. The van der Waals surface area contributed by atoms with Gasteiger partial charge in [0.1, 0.15) is 10.4 Å². The Morgan fingerprint density at radius 2 is 2.09 bits per heavy atom. The standard InChI is InChI=1S/C15H23ClN2O3S/c1-5-21-15(20)12-9-22-13(17-12)8-18(7-6-10(2)3)14(19)11(4)16/h9-11H,5-8H2,1-4H3/t11-/m1/s1. The Balaban J connectivity index is 2.76. The highest BCUT2D eigenvalue weighted by molar-refractivity contribution is 7.09. The van der Waals surface area contributed by atoms with Gasteiger partial charge in [0.25, 0.3) is 0 Å². The van der Waals surface area contributed by atoms with Crippen molar-refractivity contribution in [2.75, 3.05) is 13.2 Å². The predicted octanol–water partition coefficient (Wildman–Crippen LogP) is 3.32. The van der Waals surface area contributed by atoms with E-state index in [2.05, 4.69) is 18.8 Å². The van der Waals surface area contributed by atoms with E-state index in [1.165, 1.54) is 11.3 Å². The van der Waals surface area contributed by atoms with Crippen LogP contribution >= 0.6 is 22.9 Å². The first-order chi connectivity index (χ1) is 10.3. The van der Waals surface area contributed by atoms with E-state index in [1.807, 2.05) is 0 Å². The average molecular weight is 347 g/mol. The number of aromatic nitrogens is 1. The first kappa shape index (κ1) is 18.9. The highest BCUT2D eigenvalue weighted by Crippen LogP contribution is 2.16. The summed E-state index contributed by atoms with van der Waals surface area (Å²) in [5.74, 6) is -0.0571. The number of hydrogen-bond acceptors (Lipinski definition) is 5. The molecule has 0 saturated carbocycles. The van der Waals surface area contributed by atoms with Crippen LogP contribution in [-0.2, 0) is 16.1 Å². The number of nitrogens with zero attached hydrogens (tertiary/aromatic N) is 2. The van der Waals surface area contributed by atoms with Crippen LogP contribution in [0, 0.1) is 5.92 Å². The van der Waals surface area contributed by atoms with Gasteiger partial charge in [-0.1, -0.05) is 13.8 Å². The Morgan fingerprint density at radius 1 is 1.41 bits per heavy atom. The van der Waals surface area contributed by atoms with Crippen LogP contribution in [0.2, 0.25) is 0 Å². The van der Waals surface area contributed by atoms with Crippen molar-refractivity contribution in [3.05, 3.63) is 16.1 Å². The van der Waals surface area contributed by atoms with Gasteiger partial charge >= 0.3 is 5.97 Å². The van der Waals surface area contributed by atoms with E-state index < -0.39 is 11.3 Å². The summed E-state index contributed by atoms with van der Waals surface area (Å²) in [5.41, 5.74) is 0.289. The summed E-state index contributed by atoms with van der Waals surface area (Å²) in [6.45, 7) is 8.94. The molecular weight excluding hydrogens is 324 g/mol. The number of halogens is 1. The van der Waals surface area contributed by atoms with Gasteiger partial charge in [-0.2, -0.15) is 0 Å². The second-order valence-corrected chi connectivity index (χ2v) is 7.00. The molecule has 0 radical (unpaired) electrons. The minimum atomic E-state index is -0.573. The van der Waals surface area contributed by atoms with Crippen LogP contribution in [0.3, 0.4) is 0 Å². The summed E-state index contributed by atoms with van der Waals surface area (Å²) < 4.78 is 4.91. The van der Waals surface area contributed by atoms with Crippen LogP contribution in [0.15, 0.2) is 5.38 Å². The Labute approximate surface area is 140 Å². The molecule has 0 aliphatic heterocycles. The summed E-state index contributed by atoms with van der Waals surface area (Å²) >= 11 is 7.27. The summed E-state index contributed by atoms with van der Waals surface area (Å²) in [6.07, 6.45) is 0.894. The fourth-order valence-corrected chi connectivity index (χ4v) is 2.69. The third-order valence-corrected chi connectivity index (χ3v) is 4.01. The molecule has 1 heterocycles. The summed E-state index contributed by atoms with van der Waals surface area (Å²) in [6, 6.07) is 0. The van der Waals surface area contributed by atoms with Crippen LogP contribution in [-0.4, -0.2) is 40.3 Å². The number of carbonyl (C=O) groups excluding carboxylic acids is 2. The summed E-state index contributed by atoms with van der Waals surface area (Å²) in [4.78, 5) is 29.7. The van der Waals surface area contributed by atoms with Gasteiger partial charge in [0.2, 0.25) is 5.91 Å². The van der Waals surface area contributed by atoms with Gasteiger partial charge in [0.15, 0.2) is 5.69 Å². The summed E-state index contributed by atoms with van der Waals surface area (Å²) in [7, 11) is 0. The van der Waals surface area contributed by atoms with Crippen molar-refractivity contribution in [1.82, 2.24) is 9.88 Å². The van der Waals surface area contributed by atoms with E-state index in [9.17, 15) is 9.59 Å². The van der Waals surface area contributed by atoms with E-state index in [1.54, 1.807) is 24.1 Å². The van der Waals surface area contributed by atoms with Gasteiger partial charge in [-0.05, 0) is 26.2 Å². The Bertz CT molecular complexity index is 503. The number of hydrogen-bond donors (Lipinski definition) is 0. The lowest BCUT2D eigenvalue weighted by Gasteiger charge is -2.23. The average Bonchev–Trinajstić information content (AvgIpc) is 2.91. The molecule has 1 amide bonds. The van der Waals surface area contributed by atoms with E-state index in [4.69, 9.17) is 16.3 Å². The van der Waals surface area contributed by atoms with Crippen molar-refractivity contribution < 1.29 is 14.3 Å². The molecule has 22 heavy (non-hydrogen) atoms. The molecule has 0 bridgehead atoms. The number of thiazole rings is 1.